The summed E-state index contributed by atoms with van der Waals surface area (Å²) >= 11 is 11.1. The van der Waals surface area contributed by atoms with Crippen LogP contribution in [0.1, 0.15) is 16.8 Å². The molecule has 0 spiro atoms. The number of ketones is 2. The predicted octanol–water partition coefficient (Wildman–Crippen LogP) is 3.40. The first-order chi connectivity index (χ1) is 8.12. The van der Waals surface area contributed by atoms with Crippen LogP contribution in [0, 0.1) is 0 Å². The molecule has 0 aromatic heterocycles. The molecule has 18 heavy (non-hydrogen) atoms. The van der Waals surface area contributed by atoms with E-state index in [0.29, 0.717) is 0 Å². The molecule has 3 nitrogen and oxygen atoms in total. The maximum atomic E-state index is 12.0. The van der Waals surface area contributed by atoms with E-state index in [1.54, 1.807) is 0 Å². The van der Waals surface area contributed by atoms with E-state index in [1.165, 1.54) is 0 Å². The number of carbonyl (C=O) groups is 2. The zero-order valence-electron chi connectivity index (χ0n) is 8.52. The van der Waals surface area contributed by atoms with Crippen LogP contribution in [0.15, 0.2) is 12.1 Å². The van der Waals surface area contributed by atoms with Gasteiger partial charge in [0, 0.05) is 6.07 Å². The second-order valence-electron chi connectivity index (χ2n) is 3.30. The second kappa shape index (κ2) is 5.16. The van der Waals surface area contributed by atoms with Crippen LogP contribution >= 0.6 is 23.2 Å². The van der Waals surface area contributed by atoms with Crippen LogP contribution in [0.5, 0.6) is 5.75 Å². The van der Waals surface area contributed by atoms with Crippen LogP contribution in [-0.4, -0.2) is 22.8 Å². The van der Waals surface area contributed by atoms with Crippen molar-refractivity contribution in [1.82, 2.24) is 0 Å². The molecule has 0 unspecified atom stereocenters. The maximum Gasteiger partial charge on any atom is 0.450 e. The van der Waals surface area contributed by atoms with Gasteiger partial charge in [-0.2, -0.15) is 13.2 Å². The lowest BCUT2D eigenvalue weighted by Crippen LogP contribution is -2.25. The third-order valence-electron chi connectivity index (χ3n) is 1.98. The number of aromatic hydroxyl groups is 1. The number of alkyl halides is 3. The quantitative estimate of drug-likeness (QED) is 0.687. The molecule has 0 saturated carbocycles. The first-order valence-electron chi connectivity index (χ1n) is 4.44. The highest BCUT2D eigenvalue weighted by Gasteiger charge is 2.39. The molecule has 0 aliphatic carbocycles. The average molecular weight is 301 g/mol. The first-order valence-corrected chi connectivity index (χ1v) is 5.19. The van der Waals surface area contributed by atoms with Gasteiger partial charge in [-0.3, -0.25) is 9.59 Å². The molecule has 8 heteroatoms. The third kappa shape index (κ3) is 3.36. The monoisotopic (exact) mass is 300 g/mol. The molecule has 0 aliphatic heterocycles. The average Bonchev–Trinajstić information content (AvgIpc) is 2.21. The molecule has 0 heterocycles. The Kier molecular flexibility index (Phi) is 4.24. The van der Waals surface area contributed by atoms with E-state index in [-0.39, 0.29) is 10.0 Å². The van der Waals surface area contributed by atoms with Crippen LogP contribution in [-0.2, 0) is 4.79 Å². The lowest BCUT2D eigenvalue weighted by Gasteiger charge is -2.07. The van der Waals surface area contributed by atoms with E-state index in [9.17, 15) is 27.9 Å². The van der Waals surface area contributed by atoms with Crippen molar-refractivity contribution < 1.29 is 27.9 Å². The summed E-state index contributed by atoms with van der Waals surface area (Å²) in [7, 11) is 0. The summed E-state index contributed by atoms with van der Waals surface area (Å²) in [5.74, 6) is -4.02. The number of phenols is 1. The number of phenolic OH excluding ortho intramolecular Hbond substituents is 1. The molecule has 1 N–H and O–H groups in total. The van der Waals surface area contributed by atoms with Crippen LogP contribution in [0.4, 0.5) is 13.2 Å². The summed E-state index contributed by atoms with van der Waals surface area (Å²) in [6.07, 6.45) is -6.49. The molecule has 0 radical (unpaired) electrons. The highest BCUT2D eigenvalue weighted by atomic mass is 35.5. The Balaban J connectivity index is 2.99. The lowest BCUT2D eigenvalue weighted by atomic mass is 10.0. The smallest absolute Gasteiger partial charge is 0.450 e. The maximum absolute atomic E-state index is 12.0. The van der Waals surface area contributed by atoms with Gasteiger partial charge in [0.15, 0.2) is 5.78 Å². The molecule has 0 amide bonds. The van der Waals surface area contributed by atoms with Crippen LogP contribution < -0.4 is 0 Å². The van der Waals surface area contributed by atoms with Gasteiger partial charge in [-0.25, -0.2) is 0 Å². The van der Waals surface area contributed by atoms with Crippen molar-refractivity contribution in [3.63, 3.8) is 0 Å². The van der Waals surface area contributed by atoms with Crippen LogP contribution in [0.3, 0.4) is 0 Å². The number of benzene rings is 1. The van der Waals surface area contributed by atoms with Crippen molar-refractivity contribution in [2.24, 2.45) is 0 Å². The minimum atomic E-state index is -5.10. The minimum absolute atomic E-state index is 0.0622. The Labute approximate surface area is 109 Å². The van der Waals surface area contributed by atoms with Gasteiger partial charge in [0.05, 0.1) is 22.0 Å². The Bertz CT molecular complexity index is 512. The van der Waals surface area contributed by atoms with Crippen molar-refractivity contribution in [2.45, 2.75) is 12.6 Å². The molecule has 1 aromatic carbocycles. The van der Waals surface area contributed by atoms with E-state index in [2.05, 4.69) is 0 Å². The van der Waals surface area contributed by atoms with Crippen LogP contribution in [0.25, 0.3) is 0 Å². The number of Topliss-reactive ketones (excluding diaryl/α,β-unsaturated/α-hetero) is 2. The van der Waals surface area contributed by atoms with Gasteiger partial charge in [0.2, 0.25) is 5.78 Å². The number of hydrogen-bond acceptors (Lipinski definition) is 3. The van der Waals surface area contributed by atoms with Gasteiger partial charge in [0.1, 0.15) is 5.75 Å². The molecular weight excluding hydrogens is 296 g/mol. The van der Waals surface area contributed by atoms with E-state index < -0.39 is 35.5 Å². The molecule has 0 fully saturated rings. The molecule has 1 aromatic rings. The molecule has 0 atom stereocenters. The highest BCUT2D eigenvalue weighted by Crippen LogP contribution is 2.31. The van der Waals surface area contributed by atoms with Gasteiger partial charge >= 0.3 is 6.18 Å². The van der Waals surface area contributed by atoms with E-state index in [1.807, 2.05) is 0 Å². The summed E-state index contributed by atoms with van der Waals surface area (Å²) in [5.41, 5.74) is -0.484. The Morgan fingerprint density at radius 2 is 1.67 bits per heavy atom. The topological polar surface area (TPSA) is 54.4 Å². The zero-order valence-corrected chi connectivity index (χ0v) is 10.0. The van der Waals surface area contributed by atoms with Crippen LogP contribution in [0.2, 0.25) is 10.0 Å². The first kappa shape index (κ1) is 14.8. The highest BCUT2D eigenvalue weighted by molar-refractivity contribution is 6.42. The zero-order chi connectivity index (χ0) is 14.1. The minimum Gasteiger partial charge on any atom is -0.507 e. The van der Waals surface area contributed by atoms with Crippen molar-refractivity contribution in [3.05, 3.63) is 27.7 Å². The van der Waals surface area contributed by atoms with E-state index in [4.69, 9.17) is 23.2 Å². The van der Waals surface area contributed by atoms with Crippen molar-refractivity contribution in [2.75, 3.05) is 0 Å². The molecule has 0 saturated heterocycles. The summed E-state index contributed by atoms with van der Waals surface area (Å²) < 4.78 is 35.9. The Morgan fingerprint density at radius 1 is 1.17 bits per heavy atom. The standard InChI is InChI=1S/C10H5Cl2F3O3/c11-5-1-4(7(16)2-6(5)12)8(17)3-9(18)10(13,14)15/h1-2,16H,3H2. The van der Waals surface area contributed by atoms with Gasteiger partial charge in [-0.1, -0.05) is 23.2 Å². The van der Waals surface area contributed by atoms with Gasteiger partial charge < -0.3 is 5.11 Å². The fourth-order valence-corrected chi connectivity index (χ4v) is 1.42. The molecular formula is C10H5Cl2F3O3. The van der Waals surface area contributed by atoms with Crippen molar-refractivity contribution in [1.29, 1.82) is 0 Å². The normalized spacial score (nSPS) is 11.4. The summed E-state index contributed by atoms with van der Waals surface area (Å²) in [6, 6.07) is 1.82. The molecule has 0 bridgehead atoms. The predicted molar refractivity (Wildman–Crippen MR) is 58.1 cm³/mol. The number of hydrogen-bond donors (Lipinski definition) is 1. The number of rotatable bonds is 3. The van der Waals surface area contributed by atoms with Crippen molar-refractivity contribution in [3.8, 4) is 5.75 Å². The summed E-state index contributed by atoms with van der Waals surface area (Å²) in [5, 5.41) is 9.17. The molecule has 0 aliphatic rings. The molecule has 1 rings (SSSR count). The van der Waals surface area contributed by atoms with Gasteiger partial charge in [0.25, 0.3) is 0 Å². The molecule has 98 valence electrons. The largest absolute Gasteiger partial charge is 0.507 e. The van der Waals surface area contributed by atoms with Crippen molar-refractivity contribution >= 4 is 34.8 Å². The fourth-order valence-electron chi connectivity index (χ4n) is 1.10. The van der Waals surface area contributed by atoms with Gasteiger partial charge in [-0.15, -0.1) is 0 Å². The Hall–Kier alpha value is -1.27. The Morgan fingerprint density at radius 3 is 2.17 bits per heavy atom. The second-order valence-corrected chi connectivity index (χ2v) is 4.12. The third-order valence-corrected chi connectivity index (χ3v) is 2.70. The number of carbonyl (C=O) groups excluding carboxylic acids is 2. The number of halogens is 5. The summed E-state index contributed by atoms with van der Waals surface area (Å²) in [6.45, 7) is 0. The van der Waals surface area contributed by atoms with E-state index in [0.717, 1.165) is 12.1 Å². The summed E-state index contributed by atoms with van der Waals surface area (Å²) in [4.78, 5) is 22.0. The lowest BCUT2D eigenvalue weighted by molar-refractivity contribution is -0.170. The SMILES string of the molecule is O=C(CC(=O)C(F)(F)F)c1cc(Cl)c(Cl)cc1O. The fraction of sp³-hybridized carbons (Fsp3) is 0.200. The van der Waals surface area contributed by atoms with Gasteiger partial charge in [-0.05, 0) is 6.07 Å². The van der Waals surface area contributed by atoms with E-state index >= 15 is 0 Å².